The van der Waals surface area contributed by atoms with Crippen LogP contribution in [0.4, 0.5) is 5.69 Å². The molecule has 0 atom stereocenters. The molecule has 0 saturated carbocycles. The van der Waals surface area contributed by atoms with Gasteiger partial charge in [0.25, 0.3) is 0 Å². The molecule has 17 heavy (non-hydrogen) atoms. The Labute approximate surface area is 103 Å². The third kappa shape index (κ3) is 4.23. The third-order valence-electron chi connectivity index (χ3n) is 2.77. The van der Waals surface area contributed by atoms with Crippen molar-refractivity contribution in [2.24, 2.45) is 5.41 Å². The summed E-state index contributed by atoms with van der Waals surface area (Å²) in [5, 5.41) is 12.3. The molecule has 0 saturated heterocycles. The molecule has 0 fully saturated rings. The van der Waals surface area contributed by atoms with Crippen molar-refractivity contribution in [1.82, 2.24) is 4.98 Å². The SMILES string of the molecule is COc1cnc(C)cc1NCC(C)(C)CCO. The maximum atomic E-state index is 8.98. The highest BCUT2D eigenvalue weighted by Gasteiger charge is 2.17. The molecule has 0 aliphatic rings. The van der Waals surface area contributed by atoms with E-state index in [0.29, 0.717) is 0 Å². The van der Waals surface area contributed by atoms with Crippen LogP contribution < -0.4 is 10.1 Å². The molecule has 0 aromatic carbocycles. The van der Waals surface area contributed by atoms with Crippen molar-refractivity contribution in [3.63, 3.8) is 0 Å². The lowest BCUT2D eigenvalue weighted by Gasteiger charge is -2.25. The smallest absolute Gasteiger partial charge is 0.160 e. The van der Waals surface area contributed by atoms with Crippen molar-refractivity contribution in [3.8, 4) is 5.75 Å². The topological polar surface area (TPSA) is 54.4 Å². The van der Waals surface area contributed by atoms with Gasteiger partial charge in [-0.3, -0.25) is 4.98 Å². The Kier molecular flexibility index (Phi) is 4.75. The van der Waals surface area contributed by atoms with Gasteiger partial charge in [0, 0.05) is 18.8 Å². The van der Waals surface area contributed by atoms with Gasteiger partial charge in [0.15, 0.2) is 5.75 Å². The quantitative estimate of drug-likeness (QED) is 0.798. The van der Waals surface area contributed by atoms with Gasteiger partial charge in [0.1, 0.15) is 0 Å². The van der Waals surface area contributed by atoms with E-state index in [4.69, 9.17) is 9.84 Å². The fourth-order valence-electron chi connectivity index (χ4n) is 1.57. The van der Waals surface area contributed by atoms with Gasteiger partial charge < -0.3 is 15.2 Å². The predicted octanol–water partition coefficient (Wildman–Crippen LogP) is 2.22. The average molecular weight is 238 g/mol. The normalized spacial score (nSPS) is 11.4. The fraction of sp³-hybridized carbons (Fsp3) is 0.615. The van der Waals surface area contributed by atoms with Crippen molar-refractivity contribution in [2.75, 3.05) is 25.6 Å². The molecule has 1 aromatic rings. The number of aromatic nitrogens is 1. The van der Waals surface area contributed by atoms with Gasteiger partial charge in [0.05, 0.1) is 19.0 Å². The predicted molar refractivity (Wildman–Crippen MR) is 69.5 cm³/mol. The first-order valence-corrected chi connectivity index (χ1v) is 5.84. The molecule has 1 rings (SSSR count). The van der Waals surface area contributed by atoms with E-state index in [9.17, 15) is 0 Å². The van der Waals surface area contributed by atoms with Crippen LogP contribution in [0, 0.1) is 12.3 Å². The summed E-state index contributed by atoms with van der Waals surface area (Å²) in [6, 6.07) is 1.97. The fourth-order valence-corrected chi connectivity index (χ4v) is 1.57. The van der Waals surface area contributed by atoms with Gasteiger partial charge in [-0.1, -0.05) is 13.8 Å². The molecule has 0 unspecified atom stereocenters. The second-order valence-electron chi connectivity index (χ2n) is 5.02. The highest BCUT2D eigenvalue weighted by atomic mass is 16.5. The first kappa shape index (κ1) is 13.8. The number of anilines is 1. The van der Waals surface area contributed by atoms with Crippen LogP contribution in [0.1, 0.15) is 26.0 Å². The monoisotopic (exact) mass is 238 g/mol. The summed E-state index contributed by atoms with van der Waals surface area (Å²) in [7, 11) is 1.64. The molecule has 2 N–H and O–H groups in total. The largest absolute Gasteiger partial charge is 0.493 e. The molecule has 4 heteroatoms. The molecular weight excluding hydrogens is 216 g/mol. The summed E-state index contributed by atoms with van der Waals surface area (Å²) in [5.74, 6) is 0.746. The first-order chi connectivity index (χ1) is 7.98. The van der Waals surface area contributed by atoms with Crippen molar-refractivity contribution < 1.29 is 9.84 Å². The molecular formula is C13H22N2O2. The Hall–Kier alpha value is -1.29. The van der Waals surface area contributed by atoms with Crippen LogP contribution >= 0.6 is 0 Å². The van der Waals surface area contributed by atoms with E-state index in [-0.39, 0.29) is 12.0 Å². The lowest BCUT2D eigenvalue weighted by atomic mass is 9.89. The number of hydrogen-bond donors (Lipinski definition) is 2. The number of nitrogens with one attached hydrogen (secondary N) is 1. The summed E-state index contributed by atoms with van der Waals surface area (Å²) < 4.78 is 5.25. The van der Waals surface area contributed by atoms with Crippen molar-refractivity contribution in [1.29, 1.82) is 0 Å². The molecule has 0 bridgehead atoms. The van der Waals surface area contributed by atoms with Gasteiger partial charge in [0.2, 0.25) is 0 Å². The lowest BCUT2D eigenvalue weighted by molar-refractivity contribution is 0.220. The zero-order valence-electron chi connectivity index (χ0n) is 11.1. The maximum absolute atomic E-state index is 8.98. The second-order valence-corrected chi connectivity index (χ2v) is 5.02. The highest BCUT2D eigenvalue weighted by molar-refractivity contribution is 5.56. The number of hydrogen-bond acceptors (Lipinski definition) is 4. The minimum atomic E-state index is 0.0525. The van der Waals surface area contributed by atoms with Crippen LogP contribution in [0.15, 0.2) is 12.3 Å². The molecule has 0 aliphatic carbocycles. The molecule has 1 heterocycles. The Morgan fingerprint density at radius 1 is 1.47 bits per heavy atom. The number of aliphatic hydroxyl groups is 1. The standard InChI is InChI=1S/C13H22N2O2/c1-10-7-11(12(17-4)8-14-10)15-9-13(2,3)5-6-16/h7-8,16H,5-6,9H2,1-4H3,(H,14,15). The molecule has 96 valence electrons. The van der Waals surface area contributed by atoms with Crippen LogP contribution in [-0.4, -0.2) is 30.4 Å². The van der Waals surface area contributed by atoms with E-state index < -0.39 is 0 Å². The summed E-state index contributed by atoms with van der Waals surface area (Å²) >= 11 is 0. The molecule has 0 aliphatic heterocycles. The number of methoxy groups -OCH3 is 1. The second kappa shape index (κ2) is 5.87. The van der Waals surface area contributed by atoms with Crippen molar-refractivity contribution >= 4 is 5.69 Å². The van der Waals surface area contributed by atoms with E-state index in [2.05, 4.69) is 24.1 Å². The molecule has 0 spiro atoms. The van der Waals surface area contributed by atoms with Gasteiger partial charge in [-0.25, -0.2) is 0 Å². The number of ether oxygens (including phenoxy) is 1. The van der Waals surface area contributed by atoms with Crippen LogP contribution in [0.3, 0.4) is 0 Å². The molecule has 4 nitrogen and oxygen atoms in total. The Morgan fingerprint density at radius 2 is 2.18 bits per heavy atom. The van der Waals surface area contributed by atoms with E-state index in [1.165, 1.54) is 0 Å². The number of aryl methyl sites for hydroxylation is 1. The van der Waals surface area contributed by atoms with E-state index >= 15 is 0 Å². The van der Waals surface area contributed by atoms with Crippen LogP contribution in [0.5, 0.6) is 5.75 Å². The number of nitrogens with zero attached hydrogens (tertiary/aromatic N) is 1. The van der Waals surface area contributed by atoms with Crippen LogP contribution in [0.2, 0.25) is 0 Å². The van der Waals surface area contributed by atoms with Gasteiger partial charge in [-0.05, 0) is 24.8 Å². The summed E-state index contributed by atoms with van der Waals surface area (Å²) in [6.07, 6.45) is 2.49. The Bertz CT molecular complexity index is 364. The Balaban J connectivity index is 2.71. The number of rotatable bonds is 6. The minimum absolute atomic E-state index is 0.0525. The van der Waals surface area contributed by atoms with Gasteiger partial charge in [-0.15, -0.1) is 0 Å². The van der Waals surface area contributed by atoms with E-state index in [0.717, 1.165) is 30.1 Å². The number of aliphatic hydroxyl groups excluding tert-OH is 1. The first-order valence-electron chi connectivity index (χ1n) is 5.84. The maximum Gasteiger partial charge on any atom is 0.160 e. The summed E-state index contributed by atoms with van der Waals surface area (Å²) in [5.41, 5.74) is 1.95. The third-order valence-corrected chi connectivity index (χ3v) is 2.77. The Morgan fingerprint density at radius 3 is 2.76 bits per heavy atom. The van der Waals surface area contributed by atoms with Crippen molar-refractivity contribution in [2.45, 2.75) is 27.2 Å². The zero-order valence-corrected chi connectivity index (χ0v) is 11.1. The number of pyridine rings is 1. The van der Waals surface area contributed by atoms with Crippen molar-refractivity contribution in [3.05, 3.63) is 18.0 Å². The van der Waals surface area contributed by atoms with Crippen LogP contribution in [0.25, 0.3) is 0 Å². The summed E-state index contributed by atoms with van der Waals surface area (Å²) in [4.78, 5) is 4.19. The van der Waals surface area contributed by atoms with Crippen LogP contribution in [-0.2, 0) is 0 Å². The average Bonchev–Trinajstić information content (AvgIpc) is 2.27. The minimum Gasteiger partial charge on any atom is -0.493 e. The highest BCUT2D eigenvalue weighted by Crippen LogP contribution is 2.26. The lowest BCUT2D eigenvalue weighted by Crippen LogP contribution is -2.24. The van der Waals surface area contributed by atoms with Gasteiger partial charge in [-0.2, -0.15) is 0 Å². The van der Waals surface area contributed by atoms with E-state index in [1.807, 2.05) is 13.0 Å². The van der Waals surface area contributed by atoms with E-state index in [1.54, 1.807) is 13.3 Å². The summed E-state index contributed by atoms with van der Waals surface area (Å²) in [6.45, 7) is 7.19. The molecule has 0 radical (unpaired) electrons. The zero-order chi connectivity index (χ0) is 12.9. The molecule has 1 aromatic heterocycles. The molecule has 0 amide bonds. The van der Waals surface area contributed by atoms with Gasteiger partial charge >= 0.3 is 0 Å².